The molecule has 24 heavy (non-hydrogen) atoms. The summed E-state index contributed by atoms with van der Waals surface area (Å²) >= 11 is 0. The highest BCUT2D eigenvalue weighted by atomic mass is 19.3. The fraction of sp³-hybridized carbons (Fsp3) is 0.562. The Morgan fingerprint density at radius 3 is 2.83 bits per heavy atom. The van der Waals surface area contributed by atoms with Crippen molar-refractivity contribution in [1.29, 1.82) is 0 Å². The molecule has 132 valence electrons. The summed E-state index contributed by atoms with van der Waals surface area (Å²) in [5.41, 5.74) is 0.0657. The molecule has 8 heteroatoms. The topological polar surface area (TPSA) is 51.2 Å². The van der Waals surface area contributed by atoms with E-state index in [0.717, 1.165) is 6.54 Å². The monoisotopic (exact) mass is 342 g/mol. The number of nitrogens with zero attached hydrogens (tertiary/aromatic N) is 2. The Hall–Kier alpha value is -1.93. The van der Waals surface area contributed by atoms with E-state index < -0.39 is 6.61 Å². The fourth-order valence-corrected chi connectivity index (χ4v) is 3.25. The van der Waals surface area contributed by atoms with Gasteiger partial charge in [-0.1, -0.05) is 6.07 Å². The van der Waals surface area contributed by atoms with Crippen molar-refractivity contribution in [1.82, 2.24) is 9.80 Å². The summed E-state index contributed by atoms with van der Waals surface area (Å²) in [6.07, 6.45) is -0.0576. The number of para-hydroxylation sites is 1. The summed E-state index contributed by atoms with van der Waals surface area (Å²) in [7, 11) is 3.33. The Bertz CT molecular complexity index is 614. The number of rotatable bonds is 4. The molecule has 2 saturated heterocycles. The van der Waals surface area contributed by atoms with Crippen molar-refractivity contribution in [2.24, 2.45) is 0 Å². The van der Waals surface area contributed by atoms with Crippen LogP contribution in [0.15, 0.2) is 18.2 Å². The molecule has 1 aromatic carbocycles. The van der Waals surface area contributed by atoms with Crippen LogP contribution in [0.1, 0.15) is 10.4 Å². The molecule has 0 N–H and O–H groups in total. The van der Waals surface area contributed by atoms with E-state index in [2.05, 4.69) is 9.64 Å². The van der Waals surface area contributed by atoms with Crippen molar-refractivity contribution in [3.63, 3.8) is 0 Å². The molecule has 2 heterocycles. The molecule has 2 aliphatic rings. The number of alkyl halides is 2. The molecule has 6 nitrogen and oxygen atoms in total. The van der Waals surface area contributed by atoms with Crippen molar-refractivity contribution in [3.05, 3.63) is 23.8 Å². The molecule has 1 amide bonds. The van der Waals surface area contributed by atoms with Gasteiger partial charge in [0.25, 0.3) is 5.91 Å². The van der Waals surface area contributed by atoms with Gasteiger partial charge in [-0.3, -0.25) is 9.69 Å². The van der Waals surface area contributed by atoms with Crippen LogP contribution in [0.4, 0.5) is 8.78 Å². The normalized spacial score (nSPS) is 24.1. The zero-order valence-corrected chi connectivity index (χ0v) is 13.6. The lowest BCUT2D eigenvalue weighted by molar-refractivity contribution is -0.0516. The van der Waals surface area contributed by atoms with Gasteiger partial charge in [0.05, 0.1) is 31.4 Å². The molecule has 0 aromatic heterocycles. The molecule has 2 fully saturated rings. The van der Waals surface area contributed by atoms with Gasteiger partial charge in [-0.2, -0.15) is 8.78 Å². The highest BCUT2D eigenvalue weighted by Gasteiger charge is 2.41. The Morgan fingerprint density at radius 1 is 1.38 bits per heavy atom. The predicted octanol–water partition coefficient (Wildman–Crippen LogP) is 1.45. The van der Waals surface area contributed by atoms with E-state index >= 15 is 0 Å². The van der Waals surface area contributed by atoms with Crippen molar-refractivity contribution in [2.75, 3.05) is 40.4 Å². The minimum atomic E-state index is -3.04. The summed E-state index contributed by atoms with van der Waals surface area (Å²) in [6.45, 7) is -0.686. The van der Waals surface area contributed by atoms with E-state index in [1.807, 2.05) is 7.05 Å². The van der Waals surface area contributed by atoms with Crippen LogP contribution in [-0.4, -0.2) is 74.9 Å². The number of halogens is 2. The standard InChI is InChI=1S/C16H20F2N2O4/c1-19-6-7-23-13-9-20(8-11(13)19)15(21)10-4-3-5-12(22-2)14(10)24-16(17)18/h3-5,11,13,16H,6-9H2,1-2H3/t11-,13+/m0/s1. The third-order valence-electron chi connectivity index (χ3n) is 4.50. The second kappa shape index (κ2) is 6.90. The number of hydrogen-bond donors (Lipinski definition) is 0. The molecule has 2 aliphatic heterocycles. The average molecular weight is 342 g/mol. The maximum atomic E-state index is 12.8. The van der Waals surface area contributed by atoms with Gasteiger partial charge in [-0.15, -0.1) is 0 Å². The van der Waals surface area contributed by atoms with Crippen LogP contribution in [0.5, 0.6) is 11.5 Å². The van der Waals surface area contributed by atoms with Crippen LogP contribution in [-0.2, 0) is 4.74 Å². The van der Waals surface area contributed by atoms with Crippen LogP contribution >= 0.6 is 0 Å². The minimum Gasteiger partial charge on any atom is -0.493 e. The van der Waals surface area contributed by atoms with Gasteiger partial charge in [0.15, 0.2) is 11.5 Å². The van der Waals surface area contributed by atoms with Crippen molar-refractivity contribution in [2.45, 2.75) is 18.8 Å². The summed E-state index contributed by atoms with van der Waals surface area (Å²) < 4.78 is 40.7. The first-order valence-corrected chi connectivity index (χ1v) is 7.74. The molecule has 0 aliphatic carbocycles. The molecular weight excluding hydrogens is 322 g/mol. The first-order valence-electron chi connectivity index (χ1n) is 7.74. The van der Waals surface area contributed by atoms with Gasteiger partial charge in [-0.25, -0.2) is 0 Å². The third kappa shape index (κ3) is 3.16. The third-order valence-corrected chi connectivity index (χ3v) is 4.50. The molecule has 2 atom stereocenters. The first kappa shape index (κ1) is 16.9. The SMILES string of the molecule is COc1cccc(C(=O)N2C[C@H]3OCCN(C)[C@H]3C2)c1OC(F)F. The maximum Gasteiger partial charge on any atom is 0.387 e. The fourth-order valence-electron chi connectivity index (χ4n) is 3.25. The number of benzene rings is 1. The van der Waals surface area contributed by atoms with E-state index in [9.17, 15) is 13.6 Å². The second-order valence-corrected chi connectivity index (χ2v) is 5.88. The number of likely N-dealkylation sites (N-methyl/N-ethyl adjacent to an activating group) is 1. The van der Waals surface area contributed by atoms with E-state index in [0.29, 0.717) is 19.7 Å². The van der Waals surface area contributed by atoms with Gasteiger partial charge < -0.3 is 19.1 Å². The number of carbonyl (C=O) groups excluding carboxylic acids is 1. The van der Waals surface area contributed by atoms with E-state index in [1.165, 1.54) is 19.2 Å². The van der Waals surface area contributed by atoms with Crippen LogP contribution < -0.4 is 9.47 Å². The number of ether oxygens (including phenoxy) is 3. The predicted molar refractivity (Wildman–Crippen MR) is 81.7 cm³/mol. The summed E-state index contributed by atoms with van der Waals surface area (Å²) in [5.74, 6) is -0.494. The molecule has 3 rings (SSSR count). The largest absolute Gasteiger partial charge is 0.493 e. The maximum absolute atomic E-state index is 12.8. The number of fused-ring (bicyclic) bond motifs is 1. The molecule has 1 aromatic rings. The van der Waals surface area contributed by atoms with Crippen molar-refractivity contribution in [3.8, 4) is 11.5 Å². The Morgan fingerprint density at radius 2 is 2.17 bits per heavy atom. The molecule has 0 unspecified atom stereocenters. The number of likely N-dealkylation sites (tertiary alicyclic amines) is 1. The Balaban J connectivity index is 1.85. The number of carbonyl (C=O) groups is 1. The van der Waals surface area contributed by atoms with Crippen LogP contribution in [0.2, 0.25) is 0 Å². The van der Waals surface area contributed by atoms with E-state index in [1.54, 1.807) is 11.0 Å². The van der Waals surface area contributed by atoms with Crippen molar-refractivity contribution >= 4 is 5.91 Å². The lowest BCUT2D eigenvalue weighted by Crippen LogP contribution is -2.48. The van der Waals surface area contributed by atoms with E-state index in [4.69, 9.17) is 9.47 Å². The van der Waals surface area contributed by atoms with Gasteiger partial charge >= 0.3 is 6.61 Å². The zero-order valence-electron chi connectivity index (χ0n) is 13.6. The molecule has 0 radical (unpaired) electrons. The molecule has 0 spiro atoms. The summed E-state index contributed by atoms with van der Waals surface area (Å²) in [6, 6.07) is 4.65. The lowest BCUT2D eigenvalue weighted by Gasteiger charge is -2.33. The Labute approximate surface area is 138 Å². The van der Waals surface area contributed by atoms with Crippen LogP contribution in [0.3, 0.4) is 0 Å². The number of hydrogen-bond acceptors (Lipinski definition) is 5. The van der Waals surface area contributed by atoms with Crippen LogP contribution in [0, 0.1) is 0 Å². The Kier molecular flexibility index (Phi) is 4.86. The quantitative estimate of drug-likeness (QED) is 0.829. The lowest BCUT2D eigenvalue weighted by atomic mass is 10.1. The zero-order chi connectivity index (χ0) is 17.3. The average Bonchev–Trinajstić information content (AvgIpc) is 2.99. The highest BCUT2D eigenvalue weighted by molar-refractivity contribution is 5.98. The van der Waals surface area contributed by atoms with Gasteiger partial charge in [-0.05, 0) is 19.2 Å². The number of morpholine rings is 1. The number of amides is 1. The molecular formula is C16H20F2N2O4. The highest BCUT2D eigenvalue weighted by Crippen LogP contribution is 2.34. The number of methoxy groups -OCH3 is 1. The first-order chi connectivity index (χ1) is 11.5. The van der Waals surface area contributed by atoms with Gasteiger partial charge in [0.2, 0.25) is 0 Å². The summed E-state index contributed by atoms with van der Waals surface area (Å²) in [4.78, 5) is 16.6. The minimum absolute atomic E-state index is 0.0576. The molecule has 0 bridgehead atoms. The summed E-state index contributed by atoms with van der Waals surface area (Å²) in [5, 5.41) is 0. The van der Waals surface area contributed by atoms with Crippen molar-refractivity contribution < 1.29 is 27.8 Å². The second-order valence-electron chi connectivity index (χ2n) is 5.88. The van der Waals surface area contributed by atoms with Gasteiger partial charge in [0, 0.05) is 19.6 Å². The van der Waals surface area contributed by atoms with E-state index in [-0.39, 0.29) is 35.1 Å². The van der Waals surface area contributed by atoms with Crippen LogP contribution in [0.25, 0.3) is 0 Å². The smallest absolute Gasteiger partial charge is 0.387 e. The molecule has 0 saturated carbocycles. The van der Waals surface area contributed by atoms with Gasteiger partial charge in [0.1, 0.15) is 0 Å².